The number of rotatable bonds is 5. The summed E-state index contributed by atoms with van der Waals surface area (Å²) < 4.78 is 10.7. The molecule has 1 heterocycles. The van der Waals surface area contributed by atoms with Gasteiger partial charge >= 0.3 is 5.24 Å². The number of hydrogen-bond donors (Lipinski definition) is 0. The first-order valence-electron chi connectivity index (χ1n) is 6.55. The minimum absolute atomic E-state index is 0.0769. The number of benzene rings is 1. The van der Waals surface area contributed by atoms with E-state index in [1.807, 2.05) is 13.8 Å². The van der Waals surface area contributed by atoms with Crippen molar-refractivity contribution in [3.63, 3.8) is 0 Å². The molecule has 0 bridgehead atoms. The van der Waals surface area contributed by atoms with Crippen molar-refractivity contribution in [2.75, 3.05) is 18.7 Å². The topological polar surface area (TPSA) is 51.1 Å². The maximum Gasteiger partial charge on any atom is 0.307 e. The molecule has 0 spiro atoms. The Morgan fingerprint density at radius 1 is 1.35 bits per heavy atom. The van der Waals surface area contributed by atoms with Crippen LogP contribution in [0.5, 0.6) is 11.5 Å². The van der Waals surface area contributed by atoms with E-state index in [0.717, 1.165) is 6.42 Å². The molecule has 1 aliphatic rings. The summed E-state index contributed by atoms with van der Waals surface area (Å²) in [5.74, 6) is 1.25. The number of amides is 1. The van der Waals surface area contributed by atoms with Crippen LogP contribution in [0.15, 0.2) is 23.3 Å². The van der Waals surface area contributed by atoms with Crippen molar-refractivity contribution >= 4 is 28.9 Å². The molecule has 6 heteroatoms. The second kappa shape index (κ2) is 6.65. The van der Waals surface area contributed by atoms with Crippen molar-refractivity contribution in [2.24, 2.45) is 5.10 Å². The van der Waals surface area contributed by atoms with Gasteiger partial charge < -0.3 is 9.47 Å². The van der Waals surface area contributed by atoms with Crippen molar-refractivity contribution in [3.05, 3.63) is 18.2 Å². The zero-order valence-corrected chi connectivity index (χ0v) is 12.6. The van der Waals surface area contributed by atoms with Crippen molar-refractivity contribution in [1.29, 1.82) is 0 Å². The number of nitrogens with zero attached hydrogens (tertiary/aromatic N) is 2. The molecule has 2 rings (SSSR count). The van der Waals surface area contributed by atoms with Crippen LogP contribution in [0.1, 0.15) is 20.3 Å². The standard InChI is InChI=1S/C14H18N2O3S/c1-4-11-9-15-16(14(17)20-11)10-6-7-12(18-3)13(8-10)19-5-2/h6-9,11H,4-5H2,1-3H3. The first kappa shape index (κ1) is 14.7. The van der Waals surface area contributed by atoms with Gasteiger partial charge in [0, 0.05) is 12.3 Å². The van der Waals surface area contributed by atoms with Crippen LogP contribution < -0.4 is 14.5 Å². The molecule has 0 aromatic heterocycles. The van der Waals surface area contributed by atoms with Gasteiger partial charge in [0.05, 0.1) is 24.7 Å². The molecule has 1 aromatic rings. The summed E-state index contributed by atoms with van der Waals surface area (Å²) in [5.41, 5.74) is 0.678. The SMILES string of the molecule is CCOc1cc(N2N=CC(CC)SC2=O)ccc1OC. The fourth-order valence-corrected chi connectivity index (χ4v) is 2.62. The molecular weight excluding hydrogens is 276 g/mol. The molecule has 0 fully saturated rings. The molecule has 0 N–H and O–H groups in total. The van der Waals surface area contributed by atoms with Crippen LogP contribution in [0.3, 0.4) is 0 Å². The lowest BCUT2D eigenvalue weighted by molar-refractivity contribution is 0.265. The highest BCUT2D eigenvalue weighted by atomic mass is 32.2. The third-order valence-electron chi connectivity index (χ3n) is 2.87. The van der Waals surface area contributed by atoms with Gasteiger partial charge in [-0.3, -0.25) is 4.79 Å². The van der Waals surface area contributed by atoms with E-state index < -0.39 is 0 Å². The maximum atomic E-state index is 12.1. The Morgan fingerprint density at radius 2 is 2.15 bits per heavy atom. The fourth-order valence-electron chi connectivity index (χ4n) is 1.82. The van der Waals surface area contributed by atoms with E-state index in [-0.39, 0.29) is 10.5 Å². The smallest absolute Gasteiger partial charge is 0.307 e. The first-order chi connectivity index (χ1) is 9.69. The molecule has 20 heavy (non-hydrogen) atoms. The van der Waals surface area contributed by atoms with Gasteiger partial charge in [-0.25, -0.2) is 0 Å². The summed E-state index contributed by atoms with van der Waals surface area (Å²) in [6, 6.07) is 5.34. The predicted octanol–water partition coefficient (Wildman–Crippen LogP) is 3.53. The molecule has 0 radical (unpaired) electrons. The van der Waals surface area contributed by atoms with Gasteiger partial charge in [-0.15, -0.1) is 0 Å². The molecule has 0 saturated heterocycles. The van der Waals surface area contributed by atoms with Crippen molar-refractivity contribution in [3.8, 4) is 11.5 Å². The van der Waals surface area contributed by atoms with Gasteiger partial charge in [0.25, 0.3) is 0 Å². The molecule has 1 aliphatic heterocycles. The van der Waals surface area contributed by atoms with Crippen LogP contribution in [-0.2, 0) is 0 Å². The van der Waals surface area contributed by atoms with Crippen molar-refractivity contribution in [2.45, 2.75) is 25.5 Å². The monoisotopic (exact) mass is 294 g/mol. The average Bonchev–Trinajstić information content (AvgIpc) is 2.47. The minimum Gasteiger partial charge on any atom is -0.493 e. The molecule has 1 aromatic carbocycles. The summed E-state index contributed by atoms with van der Waals surface area (Å²) in [6.07, 6.45) is 2.69. The van der Waals surface area contributed by atoms with Gasteiger partial charge in [0.15, 0.2) is 11.5 Å². The lowest BCUT2D eigenvalue weighted by Gasteiger charge is -2.23. The summed E-state index contributed by atoms with van der Waals surface area (Å²) in [7, 11) is 1.59. The second-order valence-corrected chi connectivity index (χ2v) is 5.37. The lowest BCUT2D eigenvalue weighted by atomic mass is 10.2. The third-order valence-corrected chi connectivity index (χ3v) is 4.00. The lowest BCUT2D eigenvalue weighted by Crippen LogP contribution is -2.29. The zero-order chi connectivity index (χ0) is 14.5. The minimum atomic E-state index is -0.0769. The highest BCUT2D eigenvalue weighted by molar-refractivity contribution is 8.15. The predicted molar refractivity (Wildman–Crippen MR) is 82.2 cm³/mol. The van der Waals surface area contributed by atoms with Crippen LogP contribution in [-0.4, -0.2) is 30.4 Å². The summed E-state index contributed by atoms with van der Waals surface area (Å²) >= 11 is 1.28. The Balaban J connectivity index is 2.29. The van der Waals surface area contributed by atoms with Gasteiger partial charge in [-0.2, -0.15) is 10.1 Å². The van der Waals surface area contributed by atoms with E-state index in [1.54, 1.807) is 31.5 Å². The maximum absolute atomic E-state index is 12.1. The first-order valence-corrected chi connectivity index (χ1v) is 7.43. The Bertz CT molecular complexity index is 519. The van der Waals surface area contributed by atoms with E-state index in [0.29, 0.717) is 23.8 Å². The number of ether oxygens (including phenoxy) is 2. The summed E-state index contributed by atoms with van der Waals surface area (Å²) in [6.45, 7) is 4.47. The fraction of sp³-hybridized carbons (Fsp3) is 0.429. The largest absolute Gasteiger partial charge is 0.493 e. The zero-order valence-electron chi connectivity index (χ0n) is 11.8. The van der Waals surface area contributed by atoms with Crippen LogP contribution in [0.4, 0.5) is 10.5 Å². The van der Waals surface area contributed by atoms with Gasteiger partial charge in [0.2, 0.25) is 0 Å². The molecule has 0 aliphatic carbocycles. The van der Waals surface area contributed by atoms with Gasteiger partial charge in [-0.1, -0.05) is 18.7 Å². The quantitative estimate of drug-likeness (QED) is 0.833. The Labute approximate surface area is 122 Å². The molecule has 0 saturated carbocycles. The van der Waals surface area contributed by atoms with E-state index in [1.165, 1.54) is 16.8 Å². The second-order valence-electron chi connectivity index (χ2n) is 4.17. The highest BCUT2D eigenvalue weighted by Crippen LogP contribution is 2.34. The molecule has 1 amide bonds. The van der Waals surface area contributed by atoms with E-state index in [4.69, 9.17) is 9.47 Å². The summed E-state index contributed by atoms with van der Waals surface area (Å²) in [5, 5.41) is 5.70. The number of hydrazone groups is 1. The number of carbonyl (C=O) groups is 1. The van der Waals surface area contributed by atoms with Crippen LogP contribution in [0.2, 0.25) is 0 Å². The van der Waals surface area contributed by atoms with Crippen LogP contribution in [0, 0.1) is 0 Å². The molecule has 5 nitrogen and oxygen atoms in total. The molecule has 108 valence electrons. The Hall–Kier alpha value is -1.69. The highest BCUT2D eigenvalue weighted by Gasteiger charge is 2.24. The Morgan fingerprint density at radius 3 is 2.75 bits per heavy atom. The van der Waals surface area contributed by atoms with E-state index in [9.17, 15) is 4.79 Å². The number of thioether (sulfide) groups is 1. The van der Waals surface area contributed by atoms with Crippen LogP contribution >= 0.6 is 11.8 Å². The number of methoxy groups -OCH3 is 1. The van der Waals surface area contributed by atoms with Gasteiger partial charge in [-0.05, 0) is 25.5 Å². The normalized spacial score (nSPS) is 18.2. The van der Waals surface area contributed by atoms with Gasteiger partial charge in [0.1, 0.15) is 0 Å². The molecule has 1 atom stereocenters. The number of hydrogen-bond acceptors (Lipinski definition) is 5. The number of carbonyl (C=O) groups excluding carboxylic acids is 1. The van der Waals surface area contributed by atoms with Crippen molar-refractivity contribution < 1.29 is 14.3 Å². The molecular formula is C14H18N2O3S. The third kappa shape index (κ3) is 3.07. The Kier molecular flexibility index (Phi) is 4.89. The van der Waals surface area contributed by atoms with E-state index >= 15 is 0 Å². The van der Waals surface area contributed by atoms with Crippen molar-refractivity contribution in [1.82, 2.24) is 0 Å². The van der Waals surface area contributed by atoms with Crippen LogP contribution in [0.25, 0.3) is 0 Å². The average molecular weight is 294 g/mol. The number of anilines is 1. The summed E-state index contributed by atoms with van der Waals surface area (Å²) in [4.78, 5) is 12.1. The van der Waals surface area contributed by atoms with E-state index in [2.05, 4.69) is 5.10 Å². The molecule has 1 unspecified atom stereocenters.